The average Bonchev–Trinajstić information content (AvgIpc) is 2.90. The zero-order valence-corrected chi connectivity index (χ0v) is 13.0. The largest absolute Gasteiger partial charge is 0.493 e. The van der Waals surface area contributed by atoms with E-state index in [2.05, 4.69) is 15.3 Å². The van der Waals surface area contributed by atoms with E-state index in [1.165, 1.54) is 7.11 Å². The average molecular weight is 288 g/mol. The first kappa shape index (κ1) is 15.2. The maximum absolute atomic E-state index is 12.9. The number of rotatable bonds is 5. The van der Waals surface area contributed by atoms with Gasteiger partial charge in [-0.15, -0.1) is 0 Å². The molecule has 2 heterocycles. The van der Waals surface area contributed by atoms with Gasteiger partial charge in [-0.3, -0.25) is 9.48 Å². The molecule has 0 aliphatic heterocycles. The highest BCUT2D eigenvalue weighted by Crippen LogP contribution is 2.25. The predicted molar refractivity (Wildman–Crippen MR) is 78.7 cm³/mol. The molecule has 0 aliphatic carbocycles. The van der Waals surface area contributed by atoms with Crippen LogP contribution in [0.3, 0.4) is 0 Å². The van der Waals surface area contributed by atoms with Crippen LogP contribution in [0.15, 0.2) is 12.3 Å². The van der Waals surface area contributed by atoms with Crippen molar-refractivity contribution in [2.45, 2.75) is 40.2 Å². The van der Waals surface area contributed by atoms with Crippen molar-refractivity contribution in [1.29, 1.82) is 0 Å². The molecule has 0 unspecified atom stereocenters. The maximum atomic E-state index is 12.9. The summed E-state index contributed by atoms with van der Waals surface area (Å²) >= 11 is 0. The molecule has 2 aromatic rings. The molecule has 0 atom stereocenters. The van der Waals surface area contributed by atoms with Crippen LogP contribution in [0.25, 0.3) is 0 Å². The molecular weight excluding hydrogens is 268 g/mol. The fourth-order valence-electron chi connectivity index (χ4n) is 2.20. The van der Waals surface area contributed by atoms with Crippen molar-refractivity contribution in [2.24, 2.45) is 0 Å². The first-order valence-corrected chi connectivity index (χ1v) is 6.99. The van der Waals surface area contributed by atoms with Crippen LogP contribution in [-0.4, -0.2) is 32.9 Å². The summed E-state index contributed by atoms with van der Waals surface area (Å²) in [6.45, 7) is 7.72. The lowest BCUT2D eigenvalue weighted by atomic mass is 10.0. The van der Waals surface area contributed by atoms with Gasteiger partial charge in [-0.2, -0.15) is 15.3 Å². The van der Waals surface area contributed by atoms with Gasteiger partial charge in [0.1, 0.15) is 0 Å². The molecular formula is C15H20N4O2. The highest BCUT2D eigenvalue weighted by atomic mass is 16.5. The normalized spacial score (nSPS) is 11.0. The van der Waals surface area contributed by atoms with Crippen molar-refractivity contribution in [3.05, 3.63) is 34.9 Å². The Morgan fingerprint density at radius 2 is 2.10 bits per heavy atom. The number of nitrogens with zero attached hydrogens (tertiary/aromatic N) is 4. The van der Waals surface area contributed by atoms with Crippen molar-refractivity contribution in [3.63, 3.8) is 0 Å². The SMILES string of the molecule is CCc1nnc(C)cc1C(=O)c1c(OC)cnn1C(C)C. The molecule has 6 nitrogen and oxygen atoms in total. The van der Waals surface area contributed by atoms with Gasteiger partial charge in [0.2, 0.25) is 5.78 Å². The van der Waals surface area contributed by atoms with Crippen molar-refractivity contribution in [1.82, 2.24) is 20.0 Å². The minimum Gasteiger partial charge on any atom is -0.493 e. The topological polar surface area (TPSA) is 69.9 Å². The van der Waals surface area contributed by atoms with Crippen LogP contribution in [0.4, 0.5) is 0 Å². The Morgan fingerprint density at radius 1 is 1.38 bits per heavy atom. The van der Waals surface area contributed by atoms with Gasteiger partial charge in [-0.05, 0) is 33.3 Å². The van der Waals surface area contributed by atoms with Crippen LogP contribution < -0.4 is 4.74 Å². The molecule has 21 heavy (non-hydrogen) atoms. The van der Waals surface area contributed by atoms with Gasteiger partial charge in [0, 0.05) is 11.6 Å². The molecule has 0 saturated carbocycles. The number of carbonyl (C=O) groups excluding carboxylic acids is 1. The minimum atomic E-state index is -0.132. The third kappa shape index (κ3) is 2.79. The van der Waals surface area contributed by atoms with E-state index in [0.717, 1.165) is 0 Å². The van der Waals surface area contributed by atoms with Crippen LogP contribution >= 0.6 is 0 Å². The first-order valence-electron chi connectivity index (χ1n) is 6.99. The quantitative estimate of drug-likeness (QED) is 0.790. The summed E-state index contributed by atoms with van der Waals surface area (Å²) in [5.74, 6) is 0.345. The first-order chi connectivity index (χ1) is 9.99. The van der Waals surface area contributed by atoms with Crippen molar-refractivity contribution < 1.29 is 9.53 Å². The molecule has 0 N–H and O–H groups in total. The fourth-order valence-corrected chi connectivity index (χ4v) is 2.20. The third-order valence-electron chi connectivity index (χ3n) is 3.26. The van der Waals surface area contributed by atoms with Gasteiger partial charge in [0.15, 0.2) is 11.4 Å². The minimum absolute atomic E-state index is 0.0637. The van der Waals surface area contributed by atoms with E-state index in [9.17, 15) is 4.79 Å². The lowest BCUT2D eigenvalue weighted by Gasteiger charge is -2.12. The second-order valence-corrected chi connectivity index (χ2v) is 5.13. The van der Waals surface area contributed by atoms with E-state index in [-0.39, 0.29) is 11.8 Å². The Morgan fingerprint density at radius 3 is 2.67 bits per heavy atom. The molecule has 0 aromatic carbocycles. The molecule has 0 radical (unpaired) electrons. The van der Waals surface area contributed by atoms with Crippen molar-refractivity contribution in [2.75, 3.05) is 7.11 Å². The van der Waals surface area contributed by atoms with E-state index in [1.54, 1.807) is 16.9 Å². The number of aromatic nitrogens is 4. The number of hydrogen-bond donors (Lipinski definition) is 0. The van der Waals surface area contributed by atoms with Gasteiger partial charge >= 0.3 is 0 Å². The summed E-state index contributed by atoms with van der Waals surface area (Å²) in [7, 11) is 1.54. The zero-order chi connectivity index (χ0) is 15.6. The van der Waals surface area contributed by atoms with E-state index >= 15 is 0 Å². The molecule has 2 aromatic heterocycles. The molecule has 0 spiro atoms. The Balaban J connectivity index is 2.59. The number of aryl methyl sites for hydroxylation is 2. The number of hydrogen-bond acceptors (Lipinski definition) is 5. The summed E-state index contributed by atoms with van der Waals surface area (Å²) in [5, 5.41) is 12.4. The molecule has 0 saturated heterocycles. The van der Waals surface area contributed by atoms with Crippen LogP contribution in [0.1, 0.15) is 54.3 Å². The molecule has 112 valence electrons. The zero-order valence-electron chi connectivity index (χ0n) is 13.0. The highest BCUT2D eigenvalue weighted by molar-refractivity contribution is 6.10. The summed E-state index contributed by atoms with van der Waals surface area (Å²) in [5.41, 5.74) is 2.41. The Bertz CT molecular complexity index is 662. The van der Waals surface area contributed by atoms with Crippen molar-refractivity contribution >= 4 is 5.78 Å². The third-order valence-corrected chi connectivity index (χ3v) is 3.26. The van der Waals surface area contributed by atoms with Gasteiger partial charge in [-0.1, -0.05) is 6.92 Å². The van der Waals surface area contributed by atoms with Crippen LogP contribution in [0, 0.1) is 6.92 Å². The van der Waals surface area contributed by atoms with E-state index in [0.29, 0.717) is 34.8 Å². The molecule has 0 bridgehead atoms. The predicted octanol–water partition coefficient (Wildman–Crippen LogP) is 2.36. The Labute approximate surface area is 124 Å². The lowest BCUT2D eigenvalue weighted by Crippen LogP contribution is -2.17. The van der Waals surface area contributed by atoms with Gasteiger partial charge in [0.05, 0.1) is 24.7 Å². The molecule has 0 amide bonds. The van der Waals surface area contributed by atoms with E-state index in [1.807, 2.05) is 27.7 Å². The fraction of sp³-hybridized carbons (Fsp3) is 0.467. The van der Waals surface area contributed by atoms with E-state index in [4.69, 9.17) is 4.74 Å². The molecule has 2 rings (SSSR count). The number of ether oxygens (including phenoxy) is 1. The van der Waals surface area contributed by atoms with Gasteiger partial charge < -0.3 is 4.74 Å². The summed E-state index contributed by atoms with van der Waals surface area (Å²) in [4.78, 5) is 12.9. The smallest absolute Gasteiger partial charge is 0.216 e. The van der Waals surface area contributed by atoms with Crippen LogP contribution in [-0.2, 0) is 6.42 Å². The van der Waals surface area contributed by atoms with Crippen molar-refractivity contribution in [3.8, 4) is 5.75 Å². The summed E-state index contributed by atoms with van der Waals surface area (Å²) in [6.07, 6.45) is 2.22. The summed E-state index contributed by atoms with van der Waals surface area (Å²) in [6, 6.07) is 1.83. The maximum Gasteiger partial charge on any atom is 0.216 e. The number of methoxy groups -OCH3 is 1. The van der Waals surface area contributed by atoms with E-state index < -0.39 is 0 Å². The molecule has 0 aliphatic rings. The molecule has 0 fully saturated rings. The molecule has 6 heteroatoms. The van der Waals surface area contributed by atoms with Gasteiger partial charge in [-0.25, -0.2) is 0 Å². The van der Waals surface area contributed by atoms with Crippen LogP contribution in [0.5, 0.6) is 5.75 Å². The second-order valence-electron chi connectivity index (χ2n) is 5.13. The second kappa shape index (κ2) is 6.03. The monoisotopic (exact) mass is 288 g/mol. The number of carbonyl (C=O) groups is 1. The Kier molecular flexibility index (Phi) is 4.35. The number of ketones is 1. The van der Waals surface area contributed by atoms with Crippen LogP contribution in [0.2, 0.25) is 0 Å². The van der Waals surface area contributed by atoms with Gasteiger partial charge in [0.25, 0.3) is 0 Å². The lowest BCUT2D eigenvalue weighted by molar-refractivity contribution is 0.102. The standard InChI is InChI=1S/C15H20N4O2/c1-6-12-11(7-10(4)17-18-12)15(20)14-13(21-5)8-16-19(14)9(2)3/h7-9H,6H2,1-5H3. The highest BCUT2D eigenvalue weighted by Gasteiger charge is 2.24. The Hall–Kier alpha value is -2.24. The summed E-state index contributed by atoms with van der Waals surface area (Å²) < 4.78 is 6.96.